The third-order valence-corrected chi connectivity index (χ3v) is 6.90. The van der Waals surface area contributed by atoms with Crippen molar-refractivity contribution < 1.29 is 9.59 Å². The second-order valence-corrected chi connectivity index (χ2v) is 10.2. The van der Waals surface area contributed by atoms with E-state index in [0.29, 0.717) is 6.41 Å². The molecule has 2 aromatic rings. The molecule has 0 heterocycles. The lowest BCUT2D eigenvalue weighted by atomic mass is 9.62. The van der Waals surface area contributed by atoms with Crippen molar-refractivity contribution in [3.8, 4) is 0 Å². The highest BCUT2D eigenvalue weighted by molar-refractivity contribution is 5.94. The van der Waals surface area contributed by atoms with E-state index in [-0.39, 0.29) is 23.3 Å². The largest absolute Gasteiger partial charge is 0.278 e. The summed E-state index contributed by atoms with van der Waals surface area (Å²) in [5.74, 6) is -0.314. The SMILES string of the molecule is C=C(c1ccc(CN(C=O)C(=O)/C=C\C)cc1)c1cc2c(cc1C)C(C)(C)CCC2(C)C. The van der Waals surface area contributed by atoms with Gasteiger partial charge in [-0.2, -0.15) is 0 Å². The molecule has 0 atom stereocenters. The molecule has 1 aliphatic carbocycles. The van der Waals surface area contributed by atoms with Crippen LogP contribution in [-0.4, -0.2) is 17.2 Å². The number of fused-ring (bicyclic) bond motifs is 1. The van der Waals surface area contributed by atoms with Crippen LogP contribution in [0.1, 0.15) is 80.8 Å². The summed E-state index contributed by atoms with van der Waals surface area (Å²) in [7, 11) is 0. The van der Waals surface area contributed by atoms with Gasteiger partial charge in [0.05, 0.1) is 6.54 Å². The topological polar surface area (TPSA) is 37.4 Å². The van der Waals surface area contributed by atoms with Gasteiger partial charge in [-0.15, -0.1) is 0 Å². The summed E-state index contributed by atoms with van der Waals surface area (Å²) in [5, 5.41) is 0. The van der Waals surface area contributed by atoms with E-state index in [1.54, 1.807) is 13.0 Å². The highest BCUT2D eigenvalue weighted by Gasteiger charge is 2.37. The highest BCUT2D eigenvalue weighted by Crippen LogP contribution is 2.47. The van der Waals surface area contributed by atoms with Crippen LogP contribution >= 0.6 is 0 Å². The molecule has 3 nitrogen and oxygen atoms in total. The van der Waals surface area contributed by atoms with E-state index in [1.807, 2.05) is 24.3 Å². The van der Waals surface area contributed by atoms with E-state index < -0.39 is 0 Å². The highest BCUT2D eigenvalue weighted by atomic mass is 16.2. The molecular weight excluding hydrogens is 394 g/mol. The number of carbonyl (C=O) groups excluding carboxylic acids is 2. The van der Waals surface area contributed by atoms with Crippen LogP contribution in [0, 0.1) is 6.92 Å². The Bertz CT molecular complexity index is 1070. The number of imide groups is 1. The molecule has 32 heavy (non-hydrogen) atoms. The van der Waals surface area contributed by atoms with Gasteiger partial charge in [-0.3, -0.25) is 14.5 Å². The maximum absolute atomic E-state index is 12.0. The lowest BCUT2D eigenvalue weighted by Gasteiger charge is -2.42. The Balaban J connectivity index is 1.90. The molecule has 0 aromatic heterocycles. The molecule has 0 aliphatic heterocycles. The number of allylic oxidation sites excluding steroid dienone is 1. The van der Waals surface area contributed by atoms with E-state index in [1.165, 1.54) is 46.1 Å². The third-order valence-electron chi connectivity index (χ3n) is 6.90. The molecule has 1 aliphatic rings. The van der Waals surface area contributed by atoms with Gasteiger partial charge in [0, 0.05) is 0 Å². The predicted octanol–water partition coefficient (Wildman–Crippen LogP) is 6.47. The quantitative estimate of drug-likeness (QED) is 0.390. The fourth-order valence-corrected chi connectivity index (χ4v) is 4.62. The molecule has 0 N–H and O–H groups in total. The Labute approximate surface area is 192 Å². The first-order valence-corrected chi connectivity index (χ1v) is 11.3. The van der Waals surface area contributed by atoms with Gasteiger partial charge < -0.3 is 0 Å². The van der Waals surface area contributed by atoms with Crippen LogP contribution in [-0.2, 0) is 27.0 Å². The van der Waals surface area contributed by atoms with Gasteiger partial charge in [-0.05, 0) is 82.5 Å². The lowest BCUT2D eigenvalue weighted by molar-refractivity contribution is -0.135. The summed E-state index contributed by atoms with van der Waals surface area (Å²) in [5.41, 5.74) is 8.58. The first-order chi connectivity index (χ1) is 15.0. The number of hydrogen-bond donors (Lipinski definition) is 0. The Morgan fingerprint density at radius 3 is 2.12 bits per heavy atom. The van der Waals surface area contributed by atoms with Crippen molar-refractivity contribution in [2.45, 2.75) is 71.8 Å². The smallest absolute Gasteiger partial charge is 0.252 e. The first-order valence-electron chi connectivity index (χ1n) is 11.3. The normalized spacial score (nSPS) is 16.4. The minimum atomic E-state index is -0.314. The van der Waals surface area contributed by atoms with Gasteiger partial charge in [0.15, 0.2) is 0 Å². The van der Waals surface area contributed by atoms with Crippen LogP contribution in [0.15, 0.2) is 55.1 Å². The van der Waals surface area contributed by atoms with Gasteiger partial charge >= 0.3 is 0 Å². The summed E-state index contributed by atoms with van der Waals surface area (Å²) < 4.78 is 0. The van der Waals surface area contributed by atoms with Crippen molar-refractivity contribution in [3.63, 3.8) is 0 Å². The van der Waals surface area contributed by atoms with Gasteiger partial charge in [-0.25, -0.2) is 0 Å². The Kier molecular flexibility index (Phi) is 6.59. The molecule has 0 radical (unpaired) electrons. The van der Waals surface area contributed by atoms with Crippen molar-refractivity contribution in [1.29, 1.82) is 0 Å². The molecular formula is C29H35NO2. The van der Waals surface area contributed by atoms with Crippen molar-refractivity contribution in [3.05, 3.63) is 88.5 Å². The zero-order valence-corrected chi connectivity index (χ0v) is 20.3. The molecule has 0 unspecified atom stereocenters. The maximum atomic E-state index is 12.0. The average Bonchev–Trinajstić information content (AvgIpc) is 2.75. The van der Waals surface area contributed by atoms with Gasteiger partial charge in [-0.1, -0.05) is 76.7 Å². The number of carbonyl (C=O) groups is 2. The number of nitrogens with zero attached hydrogens (tertiary/aromatic N) is 1. The Hall–Kier alpha value is -2.94. The average molecular weight is 430 g/mol. The van der Waals surface area contributed by atoms with Crippen molar-refractivity contribution >= 4 is 17.9 Å². The molecule has 0 saturated carbocycles. The Morgan fingerprint density at radius 1 is 1.03 bits per heavy atom. The van der Waals surface area contributed by atoms with E-state index in [2.05, 4.69) is 53.3 Å². The molecule has 0 spiro atoms. The molecule has 0 bridgehead atoms. The molecule has 2 aromatic carbocycles. The number of rotatable bonds is 6. The molecule has 0 saturated heterocycles. The first kappa shape index (κ1) is 23.7. The summed E-state index contributed by atoms with van der Waals surface area (Å²) in [6.07, 6.45) is 5.98. The Morgan fingerprint density at radius 2 is 1.59 bits per heavy atom. The van der Waals surface area contributed by atoms with Crippen LogP contribution in [0.5, 0.6) is 0 Å². The van der Waals surface area contributed by atoms with Crippen molar-refractivity contribution in [2.24, 2.45) is 0 Å². The zero-order chi connectivity index (χ0) is 23.7. The molecule has 3 rings (SSSR count). The van der Waals surface area contributed by atoms with Crippen LogP contribution in [0.3, 0.4) is 0 Å². The summed E-state index contributed by atoms with van der Waals surface area (Å²) in [4.78, 5) is 24.4. The molecule has 3 heteroatoms. The van der Waals surface area contributed by atoms with Gasteiger partial charge in [0.25, 0.3) is 5.91 Å². The minimum absolute atomic E-state index is 0.148. The van der Waals surface area contributed by atoms with Crippen molar-refractivity contribution in [1.82, 2.24) is 4.90 Å². The third kappa shape index (κ3) is 4.62. The number of aryl methyl sites for hydroxylation is 1. The van der Waals surface area contributed by atoms with E-state index in [4.69, 9.17) is 0 Å². The molecule has 2 amide bonds. The number of benzene rings is 2. The summed E-state index contributed by atoms with van der Waals surface area (Å²) in [6.45, 7) is 18.0. The fraction of sp³-hybridized carbons (Fsp3) is 0.379. The lowest BCUT2D eigenvalue weighted by Crippen LogP contribution is -2.34. The van der Waals surface area contributed by atoms with Crippen LogP contribution in [0.25, 0.3) is 5.57 Å². The van der Waals surface area contributed by atoms with Gasteiger partial charge in [0.2, 0.25) is 6.41 Å². The summed E-state index contributed by atoms with van der Waals surface area (Å²) >= 11 is 0. The van der Waals surface area contributed by atoms with Crippen LogP contribution in [0.2, 0.25) is 0 Å². The standard InChI is InChI=1S/C29H35NO2/c1-8-9-27(32)30(19-31)18-22-10-12-23(13-11-22)21(3)24-17-26-25(16-20(24)2)28(4,5)14-15-29(26,6)7/h8-13,16-17,19H,3,14-15,18H2,1-2,4-7H3/b9-8-. The fourth-order valence-electron chi connectivity index (χ4n) is 4.62. The van der Waals surface area contributed by atoms with Crippen LogP contribution in [0.4, 0.5) is 0 Å². The van der Waals surface area contributed by atoms with Gasteiger partial charge in [0.1, 0.15) is 0 Å². The molecule has 0 fully saturated rings. The second kappa shape index (κ2) is 8.90. The van der Waals surface area contributed by atoms with Crippen molar-refractivity contribution in [2.75, 3.05) is 0 Å². The monoisotopic (exact) mass is 429 g/mol. The maximum Gasteiger partial charge on any atom is 0.252 e. The zero-order valence-electron chi connectivity index (χ0n) is 20.3. The summed E-state index contributed by atoms with van der Waals surface area (Å²) in [6, 6.07) is 12.7. The number of hydrogen-bond acceptors (Lipinski definition) is 2. The minimum Gasteiger partial charge on any atom is -0.278 e. The number of amides is 2. The van der Waals surface area contributed by atoms with E-state index >= 15 is 0 Å². The van der Waals surface area contributed by atoms with Crippen LogP contribution < -0.4 is 0 Å². The predicted molar refractivity (Wildman–Crippen MR) is 132 cm³/mol. The second-order valence-electron chi connectivity index (χ2n) is 10.2. The van der Waals surface area contributed by atoms with E-state index in [9.17, 15) is 9.59 Å². The van der Waals surface area contributed by atoms with E-state index in [0.717, 1.165) is 16.7 Å². The molecule has 168 valence electrons.